The Bertz CT molecular complexity index is 124. The van der Waals surface area contributed by atoms with Gasteiger partial charge in [-0.25, -0.2) is 0 Å². The largest absolute Gasteiger partial charge is 1.00 e. The molecule has 0 fully saturated rings. The van der Waals surface area contributed by atoms with Crippen molar-refractivity contribution in [3.63, 3.8) is 0 Å². The maximum atomic E-state index is 10.3. The third kappa shape index (κ3) is 7.43. The van der Waals surface area contributed by atoms with Crippen molar-refractivity contribution in [1.29, 1.82) is 0 Å². The van der Waals surface area contributed by atoms with Gasteiger partial charge in [0.25, 0.3) is 0 Å². The van der Waals surface area contributed by atoms with Crippen LogP contribution in [0.3, 0.4) is 0 Å². The van der Waals surface area contributed by atoms with Gasteiger partial charge in [0.2, 0.25) is 0 Å². The molecule has 1 unspecified atom stereocenters. The van der Waals surface area contributed by atoms with Gasteiger partial charge in [-0.15, -0.1) is 0 Å². The normalized spacial score (nSPS) is 11.8. The van der Waals surface area contributed by atoms with E-state index in [1.165, 1.54) is 0 Å². The Hall–Kier alpha value is 0.780. The fraction of sp³-hybridized carbons (Fsp3) is 0.857. The quantitative estimate of drug-likeness (QED) is 0.264. The molecule has 0 aliphatic heterocycles. The van der Waals surface area contributed by atoms with Crippen molar-refractivity contribution in [2.45, 2.75) is 25.8 Å². The molecule has 0 aromatic rings. The maximum absolute atomic E-state index is 10.3. The second-order valence-corrected chi connectivity index (χ2v) is 2.73. The molecular formula is C7H14NNaO2S. The first-order valence-electron chi connectivity index (χ1n) is 3.77. The Morgan fingerprint density at radius 2 is 2.25 bits per heavy atom. The Kier molecular flexibility index (Phi) is 12.5. The van der Waals surface area contributed by atoms with E-state index >= 15 is 0 Å². The standard InChI is InChI=1S/C7H15NO2S.Na/c1-2-3-4-8-6(5-11)7(9)10;/h6,8,11H,2-5H2,1H3,(H,9,10);/q;+1/p-1. The van der Waals surface area contributed by atoms with Gasteiger partial charge in [0, 0.05) is 5.75 Å². The third-order valence-corrected chi connectivity index (χ3v) is 1.75. The van der Waals surface area contributed by atoms with Gasteiger partial charge < -0.3 is 15.2 Å². The van der Waals surface area contributed by atoms with Crippen molar-refractivity contribution >= 4 is 18.6 Å². The monoisotopic (exact) mass is 199 g/mol. The number of unbranched alkanes of at least 4 members (excludes halogenated alkanes) is 1. The molecule has 1 atom stereocenters. The van der Waals surface area contributed by atoms with Crippen molar-refractivity contribution in [3.8, 4) is 0 Å². The Morgan fingerprint density at radius 1 is 1.67 bits per heavy atom. The van der Waals surface area contributed by atoms with E-state index in [9.17, 15) is 9.90 Å². The molecule has 66 valence electrons. The van der Waals surface area contributed by atoms with Crippen LogP contribution in [0.15, 0.2) is 0 Å². The second-order valence-electron chi connectivity index (χ2n) is 2.36. The first-order valence-corrected chi connectivity index (χ1v) is 4.40. The number of nitrogens with one attached hydrogen (secondary N) is 1. The van der Waals surface area contributed by atoms with E-state index in [1.807, 2.05) is 0 Å². The molecule has 0 spiro atoms. The summed E-state index contributed by atoms with van der Waals surface area (Å²) >= 11 is 3.87. The summed E-state index contributed by atoms with van der Waals surface area (Å²) in [7, 11) is 0. The molecule has 1 N–H and O–H groups in total. The molecule has 0 saturated carbocycles. The summed E-state index contributed by atoms with van der Waals surface area (Å²) in [6.45, 7) is 2.77. The molecule has 0 aliphatic carbocycles. The van der Waals surface area contributed by atoms with Gasteiger partial charge in [-0.05, 0) is 13.0 Å². The molecule has 0 rings (SSSR count). The van der Waals surface area contributed by atoms with Crippen LogP contribution in [0.25, 0.3) is 0 Å². The summed E-state index contributed by atoms with van der Waals surface area (Å²) in [5.41, 5.74) is 0. The SMILES string of the molecule is CCCCNC(CS)C(=O)[O-].[Na+]. The zero-order valence-electron chi connectivity index (χ0n) is 7.67. The van der Waals surface area contributed by atoms with Gasteiger partial charge >= 0.3 is 29.6 Å². The van der Waals surface area contributed by atoms with Crippen LogP contribution in [-0.4, -0.2) is 24.3 Å². The molecule has 0 saturated heterocycles. The number of hydrogen-bond donors (Lipinski definition) is 2. The summed E-state index contributed by atoms with van der Waals surface area (Å²) in [5.74, 6) is -0.789. The summed E-state index contributed by atoms with van der Waals surface area (Å²) in [6, 6.07) is -0.607. The second kappa shape index (κ2) is 9.86. The number of carboxylic acid groups (broad SMARTS) is 1. The van der Waals surface area contributed by atoms with E-state index in [4.69, 9.17) is 0 Å². The van der Waals surface area contributed by atoms with E-state index in [0.717, 1.165) is 19.4 Å². The maximum Gasteiger partial charge on any atom is 1.00 e. The van der Waals surface area contributed by atoms with Gasteiger partial charge in [-0.2, -0.15) is 12.6 Å². The number of hydrogen-bond acceptors (Lipinski definition) is 4. The number of aliphatic carboxylic acids is 1. The number of carbonyl (C=O) groups is 1. The smallest absolute Gasteiger partial charge is 0.548 e. The molecule has 0 aromatic carbocycles. The minimum Gasteiger partial charge on any atom is -0.548 e. The van der Waals surface area contributed by atoms with E-state index < -0.39 is 12.0 Å². The Morgan fingerprint density at radius 3 is 2.58 bits per heavy atom. The molecule has 0 radical (unpaired) electrons. The molecular weight excluding hydrogens is 185 g/mol. The van der Waals surface area contributed by atoms with Crippen LogP contribution in [0.5, 0.6) is 0 Å². The predicted octanol–water partition coefficient (Wildman–Crippen LogP) is -3.57. The minimum atomic E-state index is -1.07. The molecule has 3 nitrogen and oxygen atoms in total. The van der Waals surface area contributed by atoms with Crippen LogP contribution >= 0.6 is 12.6 Å². The summed E-state index contributed by atoms with van der Waals surface area (Å²) in [4.78, 5) is 10.3. The van der Waals surface area contributed by atoms with E-state index in [1.54, 1.807) is 0 Å². The van der Waals surface area contributed by atoms with Crippen LogP contribution in [0.2, 0.25) is 0 Å². The van der Waals surface area contributed by atoms with Gasteiger partial charge in [-0.3, -0.25) is 0 Å². The molecule has 0 aromatic heterocycles. The summed E-state index contributed by atoms with van der Waals surface area (Å²) in [6.07, 6.45) is 2.04. The minimum absolute atomic E-state index is 0. The molecule has 0 heterocycles. The van der Waals surface area contributed by atoms with E-state index in [0.29, 0.717) is 0 Å². The summed E-state index contributed by atoms with van der Waals surface area (Å²) in [5, 5.41) is 13.1. The van der Waals surface area contributed by atoms with E-state index in [2.05, 4.69) is 24.9 Å². The number of rotatable bonds is 6. The number of carboxylic acids is 1. The van der Waals surface area contributed by atoms with Crippen LogP contribution in [0, 0.1) is 0 Å². The topological polar surface area (TPSA) is 52.2 Å². The van der Waals surface area contributed by atoms with Crippen molar-refractivity contribution < 1.29 is 39.5 Å². The average molecular weight is 199 g/mol. The molecule has 5 heteroatoms. The molecule has 0 bridgehead atoms. The number of carbonyl (C=O) groups excluding carboxylic acids is 1. The summed E-state index contributed by atoms with van der Waals surface area (Å²) < 4.78 is 0. The predicted molar refractivity (Wildman–Crippen MR) is 45.6 cm³/mol. The van der Waals surface area contributed by atoms with Crippen molar-refractivity contribution in [3.05, 3.63) is 0 Å². The van der Waals surface area contributed by atoms with E-state index in [-0.39, 0.29) is 35.3 Å². The van der Waals surface area contributed by atoms with Gasteiger partial charge in [0.05, 0.1) is 12.0 Å². The molecule has 0 aliphatic rings. The fourth-order valence-corrected chi connectivity index (χ4v) is 0.954. The van der Waals surface area contributed by atoms with Crippen LogP contribution in [-0.2, 0) is 4.79 Å². The van der Waals surface area contributed by atoms with Gasteiger partial charge in [-0.1, -0.05) is 13.3 Å². The van der Waals surface area contributed by atoms with Gasteiger partial charge in [0.1, 0.15) is 0 Å². The number of thiol groups is 1. The molecule has 12 heavy (non-hydrogen) atoms. The first kappa shape index (κ1) is 15.3. The van der Waals surface area contributed by atoms with Crippen molar-refractivity contribution in [1.82, 2.24) is 5.32 Å². The fourth-order valence-electron chi connectivity index (χ4n) is 0.675. The Balaban J connectivity index is 0. The Labute approximate surface area is 101 Å². The van der Waals surface area contributed by atoms with Gasteiger partial charge in [0.15, 0.2) is 0 Å². The van der Waals surface area contributed by atoms with Crippen LogP contribution in [0.1, 0.15) is 19.8 Å². The average Bonchev–Trinajstić information content (AvgIpc) is 1.97. The van der Waals surface area contributed by atoms with Crippen LogP contribution < -0.4 is 40.0 Å². The first-order chi connectivity index (χ1) is 5.22. The molecule has 0 amide bonds. The zero-order chi connectivity index (χ0) is 8.69. The van der Waals surface area contributed by atoms with Crippen molar-refractivity contribution in [2.75, 3.05) is 12.3 Å². The van der Waals surface area contributed by atoms with Crippen LogP contribution in [0.4, 0.5) is 0 Å². The third-order valence-electron chi connectivity index (χ3n) is 1.39. The van der Waals surface area contributed by atoms with Crippen molar-refractivity contribution in [2.24, 2.45) is 0 Å². The zero-order valence-corrected chi connectivity index (χ0v) is 10.6.